The summed E-state index contributed by atoms with van der Waals surface area (Å²) in [6, 6.07) is 16.7. The number of nitrogens with one attached hydrogen (secondary N) is 1. The molecule has 3 rings (SSSR count). The van der Waals surface area contributed by atoms with Crippen LogP contribution in [0.5, 0.6) is 0 Å². The van der Waals surface area contributed by atoms with Gasteiger partial charge < -0.3 is 5.32 Å². The average molecular weight is 263 g/mol. The van der Waals surface area contributed by atoms with Gasteiger partial charge in [-0.25, -0.2) is 0 Å². The van der Waals surface area contributed by atoms with Crippen LogP contribution in [0.25, 0.3) is 10.9 Å². The Bertz CT molecular complexity index is 695. The van der Waals surface area contributed by atoms with Gasteiger partial charge in [-0.05, 0) is 36.8 Å². The summed E-state index contributed by atoms with van der Waals surface area (Å²) < 4.78 is 0. The van der Waals surface area contributed by atoms with Gasteiger partial charge in [-0.3, -0.25) is 9.97 Å². The lowest BCUT2D eigenvalue weighted by molar-refractivity contribution is 0.568. The zero-order valence-corrected chi connectivity index (χ0v) is 11.5. The van der Waals surface area contributed by atoms with Crippen molar-refractivity contribution in [2.75, 3.05) is 0 Å². The van der Waals surface area contributed by atoms with Gasteiger partial charge in [-0.15, -0.1) is 0 Å². The van der Waals surface area contributed by atoms with Crippen LogP contribution in [0, 0.1) is 0 Å². The minimum atomic E-state index is 0.284. The molecule has 0 saturated carbocycles. The smallest absolute Gasteiger partial charge is 0.0705 e. The topological polar surface area (TPSA) is 37.8 Å². The van der Waals surface area contributed by atoms with Gasteiger partial charge in [0.25, 0.3) is 0 Å². The first-order chi connectivity index (χ1) is 9.83. The molecule has 0 spiro atoms. The first kappa shape index (κ1) is 12.8. The molecule has 3 heteroatoms. The number of benzene rings is 1. The summed E-state index contributed by atoms with van der Waals surface area (Å²) in [6.07, 6.45) is 3.64. The summed E-state index contributed by atoms with van der Waals surface area (Å²) in [5, 5.41) is 4.67. The molecule has 3 aromatic rings. The van der Waals surface area contributed by atoms with Crippen molar-refractivity contribution in [3.8, 4) is 0 Å². The molecule has 0 unspecified atom stereocenters. The molecule has 0 saturated heterocycles. The Balaban J connectivity index is 1.70. The minimum Gasteiger partial charge on any atom is -0.305 e. The molecule has 2 aromatic heterocycles. The van der Waals surface area contributed by atoms with E-state index in [0.29, 0.717) is 0 Å². The monoisotopic (exact) mass is 263 g/mol. The highest BCUT2D eigenvalue weighted by Gasteiger charge is 2.05. The highest BCUT2D eigenvalue weighted by atomic mass is 14.9. The Morgan fingerprint density at radius 2 is 1.80 bits per heavy atom. The molecule has 100 valence electrons. The Hall–Kier alpha value is -2.26. The minimum absolute atomic E-state index is 0.284. The number of fused-ring (bicyclic) bond motifs is 1. The number of rotatable bonds is 4. The molecular formula is C17H17N3. The van der Waals surface area contributed by atoms with E-state index in [2.05, 4.69) is 40.4 Å². The van der Waals surface area contributed by atoms with E-state index in [-0.39, 0.29) is 6.04 Å². The lowest BCUT2D eigenvalue weighted by Crippen LogP contribution is -2.18. The van der Waals surface area contributed by atoms with Crippen molar-refractivity contribution >= 4 is 10.9 Å². The van der Waals surface area contributed by atoms with Crippen LogP contribution in [0.2, 0.25) is 0 Å². The standard InChI is InChI=1S/C17H17N3/c1-13(14-8-10-18-11-9-14)19-12-16-7-6-15-4-2-3-5-17(15)20-16/h2-11,13,19H,12H2,1H3/t13-/m1/s1. The lowest BCUT2D eigenvalue weighted by atomic mass is 10.1. The van der Waals surface area contributed by atoms with Crippen LogP contribution < -0.4 is 5.32 Å². The quantitative estimate of drug-likeness (QED) is 0.783. The van der Waals surface area contributed by atoms with E-state index in [1.165, 1.54) is 10.9 Å². The molecule has 0 aliphatic heterocycles. The van der Waals surface area contributed by atoms with Crippen molar-refractivity contribution in [2.45, 2.75) is 19.5 Å². The van der Waals surface area contributed by atoms with Gasteiger partial charge in [0.2, 0.25) is 0 Å². The third-order valence-electron chi connectivity index (χ3n) is 3.45. The fourth-order valence-electron chi connectivity index (χ4n) is 2.23. The maximum absolute atomic E-state index is 4.67. The van der Waals surface area contributed by atoms with Gasteiger partial charge in [-0.2, -0.15) is 0 Å². The summed E-state index contributed by atoms with van der Waals surface area (Å²) in [5.41, 5.74) is 3.34. The summed E-state index contributed by atoms with van der Waals surface area (Å²) in [7, 11) is 0. The van der Waals surface area contributed by atoms with Crippen molar-refractivity contribution in [3.05, 3.63) is 72.2 Å². The molecule has 20 heavy (non-hydrogen) atoms. The van der Waals surface area contributed by atoms with E-state index in [4.69, 9.17) is 0 Å². The average Bonchev–Trinajstić information content (AvgIpc) is 2.53. The SMILES string of the molecule is C[C@@H](NCc1ccc2ccccc2n1)c1ccncc1. The highest BCUT2D eigenvalue weighted by molar-refractivity contribution is 5.78. The maximum Gasteiger partial charge on any atom is 0.0705 e. The van der Waals surface area contributed by atoms with E-state index >= 15 is 0 Å². The van der Waals surface area contributed by atoms with Crippen LogP contribution in [0.3, 0.4) is 0 Å². The number of hydrogen-bond donors (Lipinski definition) is 1. The molecule has 0 fully saturated rings. The van der Waals surface area contributed by atoms with E-state index in [1.807, 2.05) is 42.7 Å². The zero-order valence-electron chi connectivity index (χ0n) is 11.5. The molecule has 0 amide bonds. The van der Waals surface area contributed by atoms with Gasteiger partial charge in [0.1, 0.15) is 0 Å². The second-order valence-corrected chi connectivity index (χ2v) is 4.88. The van der Waals surface area contributed by atoms with Crippen molar-refractivity contribution in [1.82, 2.24) is 15.3 Å². The number of pyridine rings is 2. The van der Waals surface area contributed by atoms with Crippen LogP contribution in [-0.4, -0.2) is 9.97 Å². The third-order valence-corrected chi connectivity index (χ3v) is 3.45. The second-order valence-electron chi connectivity index (χ2n) is 4.88. The molecule has 1 atom stereocenters. The number of hydrogen-bond acceptors (Lipinski definition) is 3. The number of para-hydroxylation sites is 1. The molecule has 1 aromatic carbocycles. The fraction of sp³-hybridized carbons (Fsp3) is 0.176. The molecule has 0 bridgehead atoms. The predicted molar refractivity (Wildman–Crippen MR) is 81.2 cm³/mol. The number of aromatic nitrogens is 2. The summed E-state index contributed by atoms with van der Waals surface area (Å²) in [4.78, 5) is 8.71. The van der Waals surface area contributed by atoms with E-state index < -0.39 is 0 Å². The van der Waals surface area contributed by atoms with Crippen molar-refractivity contribution < 1.29 is 0 Å². The van der Waals surface area contributed by atoms with Crippen molar-refractivity contribution in [2.24, 2.45) is 0 Å². The molecule has 3 nitrogen and oxygen atoms in total. The predicted octanol–water partition coefficient (Wildman–Crippen LogP) is 3.48. The van der Waals surface area contributed by atoms with E-state index in [0.717, 1.165) is 17.8 Å². The second kappa shape index (κ2) is 5.80. The summed E-state index contributed by atoms with van der Waals surface area (Å²) in [5.74, 6) is 0. The van der Waals surface area contributed by atoms with Crippen LogP contribution in [-0.2, 0) is 6.54 Å². The fourth-order valence-corrected chi connectivity index (χ4v) is 2.23. The van der Waals surface area contributed by atoms with Gasteiger partial charge in [0.05, 0.1) is 11.2 Å². The van der Waals surface area contributed by atoms with Crippen LogP contribution in [0.15, 0.2) is 60.9 Å². The Kier molecular flexibility index (Phi) is 3.70. The maximum atomic E-state index is 4.67. The largest absolute Gasteiger partial charge is 0.305 e. The normalized spacial score (nSPS) is 12.4. The Labute approximate surface area is 118 Å². The highest BCUT2D eigenvalue weighted by Crippen LogP contribution is 2.14. The van der Waals surface area contributed by atoms with Crippen LogP contribution in [0.1, 0.15) is 24.2 Å². The van der Waals surface area contributed by atoms with Crippen molar-refractivity contribution in [3.63, 3.8) is 0 Å². The molecule has 2 heterocycles. The van der Waals surface area contributed by atoms with Gasteiger partial charge in [0.15, 0.2) is 0 Å². The van der Waals surface area contributed by atoms with Crippen LogP contribution in [0.4, 0.5) is 0 Å². The zero-order chi connectivity index (χ0) is 13.8. The first-order valence-electron chi connectivity index (χ1n) is 6.81. The molecular weight excluding hydrogens is 246 g/mol. The van der Waals surface area contributed by atoms with Gasteiger partial charge >= 0.3 is 0 Å². The molecule has 0 aliphatic carbocycles. The van der Waals surface area contributed by atoms with E-state index in [1.54, 1.807) is 0 Å². The van der Waals surface area contributed by atoms with Crippen LogP contribution >= 0.6 is 0 Å². The first-order valence-corrected chi connectivity index (χ1v) is 6.81. The Morgan fingerprint density at radius 3 is 2.65 bits per heavy atom. The molecule has 0 radical (unpaired) electrons. The van der Waals surface area contributed by atoms with E-state index in [9.17, 15) is 0 Å². The summed E-state index contributed by atoms with van der Waals surface area (Å²) >= 11 is 0. The third kappa shape index (κ3) is 2.83. The number of nitrogens with zero attached hydrogens (tertiary/aromatic N) is 2. The lowest BCUT2D eigenvalue weighted by Gasteiger charge is -2.13. The Morgan fingerprint density at radius 1 is 1.00 bits per heavy atom. The van der Waals surface area contributed by atoms with Gasteiger partial charge in [0, 0.05) is 30.4 Å². The summed E-state index contributed by atoms with van der Waals surface area (Å²) in [6.45, 7) is 2.91. The molecule has 0 aliphatic rings. The van der Waals surface area contributed by atoms with Crippen molar-refractivity contribution in [1.29, 1.82) is 0 Å². The molecule has 1 N–H and O–H groups in total. The van der Waals surface area contributed by atoms with Gasteiger partial charge in [-0.1, -0.05) is 24.3 Å².